The van der Waals surface area contributed by atoms with E-state index in [0.717, 1.165) is 31.6 Å². The lowest BCUT2D eigenvalue weighted by atomic mass is 10.0. The molecule has 0 bridgehead atoms. The topological polar surface area (TPSA) is 38.0 Å². The third kappa shape index (κ3) is 8.54. The first-order chi connectivity index (χ1) is 6.85. The molecule has 0 saturated carbocycles. The lowest BCUT2D eigenvalue weighted by molar-refractivity contribution is 0.439. The van der Waals surface area contributed by atoms with Crippen molar-refractivity contribution < 1.29 is 0 Å². The Morgan fingerprint density at radius 1 is 1.21 bits per heavy atom. The fourth-order valence-corrected chi connectivity index (χ4v) is 1.65. The maximum atomic E-state index is 5.63. The molecule has 0 aromatic heterocycles. The second kappa shape index (κ2) is 11.0. The van der Waals surface area contributed by atoms with Gasteiger partial charge >= 0.3 is 0 Å². The second-order valence-electron chi connectivity index (χ2n) is 3.62. The molecule has 0 aliphatic rings. The minimum Gasteiger partial charge on any atom is -0.271 e. The molecule has 0 saturated heterocycles. The van der Waals surface area contributed by atoms with Crippen molar-refractivity contribution in [3.63, 3.8) is 0 Å². The standard InChI is InChI=1S/C11H23ClN2/c1-2-3-4-5-6-8-11(14-13)9-7-10-12/h2,11,14H,1,3-10,13H2. The number of allylic oxidation sites excluding steroid dienone is 1. The molecule has 1 atom stereocenters. The molecule has 0 radical (unpaired) electrons. The molecule has 0 aliphatic heterocycles. The first kappa shape index (κ1) is 13.9. The third-order valence-corrected chi connectivity index (χ3v) is 2.65. The zero-order chi connectivity index (χ0) is 10.6. The van der Waals surface area contributed by atoms with Crippen molar-refractivity contribution in [2.24, 2.45) is 5.84 Å². The van der Waals surface area contributed by atoms with Gasteiger partial charge in [0.1, 0.15) is 0 Å². The summed E-state index contributed by atoms with van der Waals surface area (Å²) >= 11 is 5.63. The third-order valence-electron chi connectivity index (χ3n) is 2.38. The minimum absolute atomic E-state index is 0.442. The maximum absolute atomic E-state index is 5.63. The van der Waals surface area contributed by atoms with Crippen LogP contribution < -0.4 is 11.3 Å². The minimum atomic E-state index is 0.442. The molecular formula is C11H23ClN2. The van der Waals surface area contributed by atoms with Crippen LogP contribution in [-0.2, 0) is 0 Å². The molecule has 0 fully saturated rings. The molecule has 0 rings (SSSR count). The van der Waals surface area contributed by atoms with Crippen LogP contribution in [0.1, 0.15) is 44.9 Å². The van der Waals surface area contributed by atoms with Gasteiger partial charge in [-0.2, -0.15) is 0 Å². The van der Waals surface area contributed by atoms with Gasteiger partial charge < -0.3 is 0 Å². The van der Waals surface area contributed by atoms with Crippen molar-refractivity contribution in [1.82, 2.24) is 5.43 Å². The summed E-state index contributed by atoms with van der Waals surface area (Å²) in [5, 5.41) is 0. The summed E-state index contributed by atoms with van der Waals surface area (Å²) in [6.07, 6.45) is 10.1. The first-order valence-corrected chi connectivity index (χ1v) is 6.01. The highest BCUT2D eigenvalue weighted by atomic mass is 35.5. The molecule has 3 heteroatoms. The predicted octanol–water partition coefficient (Wildman–Crippen LogP) is 2.97. The van der Waals surface area contributed by atoms with Crippen LogP contribution in [0.5, 0.6) is 0 Å². The molecule has 0 spiro atoms. The van der Waals surface area contributed by atoms with Crippen LogP contribution >= 0.6 is 11.6 Å². The number of rotatable bonds is 10. The van der Waals surface area contributed by atoms with E-state index in [2.05, 4.69) is 12.0 Å². The van der Waals surface area contributed by atoms with Gasteiger partial charge in [0.2, 0.25) is 0 Å². The highest BCUT2D eigenvalue weighted by Crippen LogP contribution is 2.09. The number of hydrogen-bond donors (Lipinski definition) is 2. The van der Waals surface area contributed by atoms with Crippen LogP contribution in [0.4, 0.5) is 0 Å². The van der Waals surface area contributed by atoms with Gasteiger partial charge in [0.15, 0.2) is 0 Å². The molecule has 14 heavy (non-hydrogen) atoms. The monoisotopic (exact) mass is 218 g/mol. The van der Waals surface area contributed by atoms with E-state index in [0.29, 0.717) is 6.04 Å². The number of nitrogens with two attached hydrogens (primary N) is 1. The Morgan fingerprint density at radius 2 is 1.93 bits per heavy atom. The Bertz CT molecular complexity index is 128. The summed E-state index contributed by atoms with van der Waals surface area (Å²) in [6, 6.07) is 0.442. The van der Waals surface area contributed by atoms with Crippen LogP contribution in [0.15, 0.2) is 12.7 Å². The highest BCUT2D eigenvalue weighted by molar-refractivity contribution is 6.17. The van der Waals surface area contributed by atoms with Crippen LogP contribution in [-0.4, -0.2) is 11.9 Å². The molecule has 0 aromatic rings. The number of unbranched alkanes of at least 4 members (excludes halogenated alkanes) is 3. The van der Waals surface area contributed by atoms with Crippen molar-refractivity contribution >= 4 is 11.6 Å². The van der Waals surface area contributed by atoms with E-state index < -0.39 is 0 Å². The normalized spacial score (nSPS) is 12.7. The second-order valence-corrected chi connectivity index (χ2v) is 4.00. The van der Waals surface area contributed by atoms with Crippen LogP contribution in [0.3, 0.4) is 0 Å². The number of alkyl halides is 1. The Labute approximate surface area is 92.9 Å². The molecule has 0 heterocycles. The van der Waals surface area contributed by atoms with Gasteiger partial charge in [-0.3, -0.25) is 11.3 Å². The highest BCUT2D eigenvalue weighted by Gasteiger charge is 2.04. The number of halogens is 1. The quantitative estimate of drug-likeness (QED) is 0.195. The van der Waals surface area contributed by atoms with Gasteiger partial charge in [-0.1, -0.05) is 18.9 Å². The van der Waals surface area contributed by atoms with Gasteiger partial charge in [0.05, 0.1) is 0 Å². The molecule has 2 nitrogen and oxygen atoms in total. The van der Waals surface area contributed by atoms with Crippen molar-refractivity contribution in [3.05, 3.63) is 12.7 Å². The summed E-state index contributed by atoms with van der Waals surface area (Å²) < 4.78 is 0. The summed E-state index contributed by atoms with van der Waals surface area (Å²) in [7, 11) is 0. The molecule has 84 valence electrons. The van der Waals surface area contributed by atoms with E-state index in [1.165, 1.54) is 19.3 Å². The van der Waals surface area contributed by atoms with Gasteiger partial charge in [-0.25, -0.2) is 0 Å². The maximum Gasteiger partial charge on any atom is 0.0224 e. The van der Waals surface area contributed by atoms with Crippen molar-refractivity contribution in [2.75, 3.05) is 5.88 Å². The predicted molar refractivity (Wildman–Crippen MR) is 64.3 cm³/mol. The zero-order valence-electron chi connectivity index (χ0n) is 8.97. The summed E-state index contributed by atoms with van der Waals surface area (Å²) in [4.78, 5) is 0. The fraction of sp³-hybridized carbons (Fsp3) is 0.818. The molecule has 3 N–H and O–H groups in total. The molecule has 0 aromatic carbocycles. The van der Waals surface area contributed by atoms with Gasteiger partial charge in [0.25, 0.3) is 0 Å². The van der Waals surface area contributed by atoms with Crippen LogP contribution in [0.2, 0.25) is 0 Å². The van der Waals surface area contributed by atoms with E-state index in [1.54, 1.807) is 0 Å². The number of hydrogen-bond acceptors (Lipinski definition) is 2. The smallest absolute Gasteiger partial charge is 0.0224 e. The van der Waals surface area contributed by atoms with Crippen LogP contribution in [0.25, 0.3) is 0 Å². The molecule has 0 aliphatic carbocycles. The Hall–Kier alpha value is -0.0500. The van der Waals surface area contributed by atoms with E-state index >= 15 is 0 Å². The Kier molecular flexibility index (Phi) is 11.0. The van der Waals surface area contributed by atoms with Crippen molar-refractivity contribution in [2.45, 2.75) is 51.0 Å². The first-order valence-electron chi connectivity index (χ1n) is 5.48. The Balaban J connectivity index is 3.28. The van der Waals surface area contributed by atoms with E-state index in [9.17, 15) is 0 Å². The van der Waals surface area contributed by atoms with Crippen molar-refractivity contribution in [1.29, 1.82) is 0 Å². The number of nitrogens with one attached hydrogen (secondary N) is 1. The van der Waals surface area contributed by atoms with Crippen LogP contribution in [0, 0.1) is 0 Å². The largest absolute Gasteiger partial charge is 0.271 e. The van der Waals surface area contributed by atoms with Crippen molar-refractivity contribution in [3.8, 4) is 0 Å². The van der Waals surface area contributed by atoms with Gasteiger partial charge in [-0.15, -0.1) is 18.2 Å². The zero-order valence-corrected chi connectivity index (χ0v) is 9.73. The summed E-state index contributed by atoms with van der Waals surface area (Å²) in [5.41, 5.74) is 2.85. The number of hydrazine groups is 1. The lowest BCUT2D eigenvalue weighted by Gasteiger charge is -2.14. The fourth-order valence-electron chi connectivity index (χ4n) is 1.49. The average Bonchev–Trinajstić information content (AvgIpc) is 2.22. The molecular weight excluding hydrogens is 196 g/mol. The van der Waals surface area contributed by atoms with E-state index in [1.807, 2.05) is 6.08 Å². The lowest BCUT2D eigenvalue weighted by Crippen LogP contribution is -2.35. The molecule has 0 amide bonds. The van der Waals surface area contributed by atoms with E-state index in [4.69, 9.17) is 17.4 Å². The van der Waals surface area contributed by atoms with Gasteiger partial charge in [0, 0.05) is 11.9 Å². The summed E-state index contributed by atoms with van der Waals surface area (Å²) in [5.74, 6) is 6.18. The van der Waals surface area contributed by atoms with Gasteiger partial charge in [-0.05, 0) is 32.1 Å². The summed E-state index contributed by atoms with van der Waals surface area (Å²) in [6.45, 7) is 3.70. The average molecular weight is 219 g/mol. The van der Waals surface area contributed by atoms with E-state index in [-0.39, 0.29) is 0 Å². The SMILES string of the molecule is C=CCCCCCC(CCCCl)NN. The molecule has 1 unspecified atom stereocenters. The Morgan fingerprint density at radius 3 is 2.50 bits per heavy atom.